The lowest BCUT2D eigenvalue weighted by Crippen LogP contribution is -2.13. The van der Waals surface area contributed by atoms with Crippen LogP contribution < -0.4 is 5.32 Å². The molecule has 0 aromatic carbocycles. The Labute approximate surface area is 119 Å². The minimum atomic E-state index is -0.424. The van der Waals surface area contributed by atoms with Gasteiger partial charge in [-0.1, -0.05) is 0 Å². The molecule has 0 fully saturated rings. The zero-order valence-electron chi connectivity index (χ0n) is 11.6. The number of methoxy groups -OCH3 is 1. The van der Waals surface area contributed by atoms with Crippen LogP contribution in [0.3, 0.4) is 0 Å². The standard InChI is InChI=1S/C13H14N2O4S/c1-6-11(14-8(3)19-6)12(16)15-9-5-10(13(17)18-4)20-7(9)2/h5H,1-4H3,(H,15,16). The molecule has 0 bridgehead atoms. The van der Waals surface area contributed by atoms with Gasteiger partial charge in [0.15, 0.2) is 11.6 Å². The Balaban J connectivity index is 2.22. The molecule has 0 saturated heterocycles. The molecule has 2 aromatic rings. The van der Waals surface area contributed by atoms with E-state index in [1.54, 1.807) is 19.9 Å². The van der Waals surface area contributed by atoms with E-state index in [-0.39, 0.29) is 11.6 Å². The number of thiophene rings is 1. The van der Waals surface area contributed by atoms with Gasteiger partial charge in [0.2, 0.25) is 0 Å². The molecule has 0 saturated carbocycles. The second kappa shape index (κ2) is 5.46. The molecule has 0 aliphatic rings. The fraction of sp³-hybridized carbons (Fsp3) is 0.308. The first-order chi connectivity index (χ1) is 9.42. The molecule has 0 aliphatic heterocycles. The molecule has 0 unspecified atom stereocenters. The van der Waals surface area contributed by atoms with Gasteiger partial charge in [0.25, 0.3) is 5.91 Å². The number of oxazole rings is 1. The molecule has 2 aromatic heterocycles. The molecule has 1 N–H and O–H groups in total. The summed E-state index contributed by atoms with van der Waals surface area (Å²) >= 11 is 1.26. The number of anilines is 1. The van der Waals surface area contributed by atoms with Gasteiger partial charge in [0.05, 0.1) is 12.8 Å². The monoisotopic (exact) mass is 294 g/mol. The van der Waals surface area contributed by atoms with Crippen molar-refractivity contribution in [3.8, 4) is 0 Å². The van der Waals surface area contributed by atoms with Crippen molar-refractivity contribution in [2.24, 2.45) is 0 Å². The van der Waals surface area contributed by atoms with Crippen LogP contribution in [0.2, 0.25) is 0 Å². The highest BCUT2D eigenvalue weighted by molar-refractivity contribution is 7.14. The van der Waals surface area contributed by atoms with E-state index in [2.05, 4.69) is 15.0 Å². The van der Waals surface area contributed by atoms with Gasteiger partial charge in [-0.25, -0.2) is 9.78 Å². The maximum atomic E-state index is 12.1. The number of ether oxygens (including phenoxy) is 1. The highest BCUT2D eigenvalue weighted by Crippen LogP contribution is 2.27. The van der Waals surface area contributed by atoms with Crippen LogP contribution in [0, 0.1) is 20.8 Å². The number of aromatic nitrogens is 1. The number of esters is 1. The average molecular weight is 294 g/mol. The quantitative estimate of drug-likeness (QED) is 0.880. The smallest absolute Gasteiger partial charge is 0.348 e. The third kappa shape index (κ3) is 2.72. The zero-order chi connectivity index (χ0) is 14.9. The fourth-order valence-electron chi connectivity index (χ4n) is 1.73. The van der Waals surface area contributed by atoms with Crippen LogP contribution in [-0.4, -0.2) is 24.0 Å². The van der Waals surface area contributed by atoms with Crippen molar-refractivity contribution in [3.05, 3.63) is 33.2 Å². The van der Waals surface area contributed by atoms with Gasteiger partial charge in [-0.15, -0.1) is 11.3 Å². The minimum Gasteiger partial charge on any atom is -0.465 e. The zero-order valence-corrected chi connectivity index (χ0v) is 12.4. The first-order valence-corrected chi connectivity index (χ1v) is 6.68. The Morgan fingerprint density at radius 2 is 2.05 bits per heavy atom. The summed E-state index contributed by atoms with van der Waals surface area (Å²) in [5.74, 6) is 0.106. The summed E-state index contributed by atoms with van der Waals surface area (Å²) in [6.45, 7) is 5.16. The second-order valence-corrected chi connectivity index (χ2v) is 5.42. The summed E-state index contributed by atoms with van der Waals surface area (Å²) in [5, 5.41) is 2.72. The number of nitrogens with one attached hydrogen (secondary N) is 1. The molecular weight excluding hydrogens is 280 g/mol. The number of hydrogen-bond donors (Lipinski definition) is 1. The van der Waals surface area contributed by atoms with Gasteiger partial charge in [-0.3, -0.25) is 4.79 Å². The Morgan fingerprint density at radius 3 is 2.60 bits per heavy atom. The molecule has 7 heteroatoms. The van der Waals surface area contributed by atoms with E-state index in [1.165, 1.54) is 18.4 Å². The van der Waals surface area contributed by atoms with Crippen LogP contribution in [0.25, 0.3) is 0 Å². The maximum absolute atomic E-state index is 12.1. The number of nitrogens with zero attached hydrogens (tertiary/aromatic N) is 1. The van der Waals surface area contributed by atoms with Crippen molar-refractivity contribution in [3.63, 3.8) is 0 Å². The largest absolute Gasteiger partial charge is 0.465 e. The van der Waals surface area contributed by atoms with Gasteiger partial charge in [-0.05, 0) is 19.9 Å². The van der Waals surface area contributed by atoms with Gasteiger partial charge in [-0.2, -0.15) is 0 Å². The van der Waals surface area contributed by atoms with Crippen molar-refractivity contribution in [1.82, 2.24) is 4.98 Å². The number of rotatable bonds is 3. The summed E-state index contributed by atoms with van der Waals surface area (Å²) < 4.78 is 9.87. The Morgan fingerprint density at radius 1 is 1.35 bits per heavy atom. The van der Waals surface area contributed by atoms with Crippen molar-refractivity contribution in [2.45, 2.75) is 20.8 Å². The highest BCUT2D eigenvalue weighted by atomic mass is 32.1. The van der Waals surface area contributed by atoms with Gasteiger partial charge in [0.1, 0.15) is 10.6 Å². The first kappa shape index (κ1) is 14.3. The number of carbonyl (C=O) groups excluding carboxylic acids is 2. The second-order valence-electron chi connectivity index (χ2n) is 4.16. The van der Waals surface area contributed by atoms with Gasteiger partial charge < -0.3 is 14.5 Å². The van der Waals surface area contributed by atoms with Crippen LogP contribution in [0.1, 0.15) is 36.7 Å². The number of hydrogen-bond acceptors (Lipinski definition) is 6. The molecule has 0 aliphatic carbocycles. The third-order valence-corrected chi connectivity index (χ3v) is 3.70. The predicted octanol–water partition coefficient (Wildman–Crippen LogP) is 2.70. The summed E-state index contributed by atoms with van der Waals surface area (Å²) in [7, 11) is 1.32. The van der Waals surface area contributed by atoms with E-state index in [4.69, 9.17) is 4.42 Å². The molecule has 0 atom stereocenters. The lowest BCUT2D eigenvalue weighted by Gasteiger charge is -2.01. The van der Waals surface area contributed by atoms with Crippen molar-refractivity contribution >= 4 is 28.9 Å². The lowest BCUT2D eigenvalue weighted by atomic mass is 10.3. The molecule has 0 spiro atoms. The summed E-state index contributed by atoms with van der Waals surface area (Å²) in [6, 6.07) is 1.59. The molecule has 106 valence electrons. The van der Waals surface area contributed by atoms with E-state index in [0.29, 0.717) is 22.2 Å². The van der Waals surface area contributed by atoms with Crippen LogP contribution in [0.4, 0.5) is 5.69 Å². The molecule has 6 nitrogen and oxygen atoms in total. The molecule has 20 heavy (non-hydrogen) atoms. The Bertz CT molecular complexity index is 672. The predicted molar refractivity (Wildman–Crippen MR) is 74.3 cm³/mol. The fourth-order valence-corrected chi connectivity index (χ4v) is 2.62. The van der Waals surface area contributed by atoms with Crippen molar-refractivity contribution in [2.75, 3.05) is 12.4 Å². The van der Waals surface area contributed by atoms with E-state index < -0.39 is 5.97 Å². The van der Waals surface area contributed by atoms with Crippen molar-refractivity contribution < 1.29 is 18.7 Å². The van der Waals surface area contributed by atoms with E-state index >= 15 is 0 Å². The number of amides is 1. The van der Waals surface area contributed by atoms with Crippen LogP contribution >= 0.6 is 11.3 Å². The molecule has 2 heterocycles. The maximum Gasteiger partial charge on any atom is 0.348 e. The van der Waals surface area contributed by atoms with Crippen LogP contribution in [0.15, 0.2) is 10.5 Å². The summed E-state index contributed by atoms with van der Waals surface area (Å²) in [4.78, 5) is 28.8. The van der Waals surface area contributed by atoms with E-state index in [9.17, 15) is 9.59 Å². The first-order valence-electron chi connectivity index (χ1n) is 5.86. The normalized spacial score (nSPS) is 10.4. The third-order valence-electron chi connectivity index (χ3n) is 2.67. The number of aryl methyl sites for hydroxylation is 3. The molecular formula is C13H14N2O4S. The van der Waals surface area contributed by atoms with Gasteiger partial charge in [0, 0.05) is 11.8 Å². The average Bonchev–Trinajstić information content (AvgIpc) is 2.92. The van der Waals surface area contributed by atoms with Gasteiger partial charge >= 0.3 is 5.97 Å². The highest BCUT2D eigenvalue weighted by Gasteiger charge is 2.19. The van der Waals surface area contributed by atoms with Crippen LogP contribution in [0.5, 0.6) is 0 Å². The molecule has 0 radical (unpaired) electrons. The van der Waals surface area contributed by atoms with E-state index in [0.717, 1.165) is 4.88 Å². The minimum absolute atomic E-state index is 0.243. The lowest BCUT2D eigenvalue weighted by molar-refractivity contribution is 0.0606. The van der Waals surface area contributed by atoms with Crippen LogP contribution in [-0.2, 0) is 4.74 Å². The summed E-state index contributed by atoms with van der Waals surface area (Å²) in [6.07, 6.45) is 0. The molecule has 2 rings (SSSR count). The number of carbonyl (C=O) groups is 2. The SMILES string of the molecule is COC(=O)c1cc(NC(=O)c2nc(C)oc2C)c(C)s1. The van der Waals surface area contributed by atoms with Crippen molar-refractivity contribution in [1.29, 1.82) is 0 Å². The Kier molecular flexibility index (Phi) is 3.89. The topological polar surface area (TPSA) is 81.4 Å². The Hall–Kier alpha value is -2.15. The molecule has 1 amide bonds. The summed E-state index contributed by atoms with van der Waals surface area (Å²) in [5.41, 5.74) is 0.813. The van der Waals surface area contributed by atoms with E-state index in [1.807, 2.05) is 6.92 Å².